The first-order valence-corrected chi connectivity index (χ1v) is 8.11. The van der Waals surface area contributed by atoms with Gasteiger partial charge in [-0.05, 0) is 36.1 Å². The Morgan fingerprint density at radius 2 is 1.55 bits per heavy atom. The fourth-order valence-electron chi connectivity index (χ4n) is 2.51. The highest BCUT2D eigenvalue weighted by Crippen LogP contribution is 2.26. The molecule has 0 aliphatic carbocycles. The lowest BCUT2D eigenvalue weighted by Crippen LogP contribution is -2.33. The molecule has 1 N–H and O–H groups in total. The number of thioether (sulfide) groups is 1. The van der Waals surface area contributed by atoms with E-state index in [0.717, 1.165) is 9.80 Å². The van der Waals surface area contributed by atoms with Crippen LogP contribution < -0.4 is 0 Å². The Morgan fingerprint density at radius 1 is 1.00 bits per heavy atom. The highest BCUT2D eigenvalue weighted by molar-refractivity contribution is 7.98. The molecule has 0 bridgehead atoms. The molecule has 4 nitrogen and oxygen atoms in total. The molecule has 1 aliphatic rings. The minimum absolute atomic E-state index is 0.0367. The predicted octanol–water partition coefficient (Wildman–Crippen LogP) is 2.74. The summed E-state index contributed by atoms with van der Waals surface area (Å²) in [5.74, 6) is -0.694. The minimum atomic E-state index is -0.891. The van der Waals surface area contributed by atoms with E-state index in [9.17, 15) is 14.7 Å². The molecule has 1 heterocycles. The number of amides is 2. The predicted molar refractivity (Wildman–Crippen MR) is 85.0 cm³/mol. The van der Waals surface area contributed by atoms with Crippen molar-refractivity contribution < 1.29 is 14.7 Å². The third kappa shape index (κ3) is 2.53. The van der Waals surface area contributed by atoms with Gasteiger partial charge < -0.3 is 5.11 Å². The molecule has 0 saturated heterocycles. The largest absolute Gasteiger partial charge is 0.387 e. The molecule has 22 heavy (non-hydrogen) atoms. The van der Waals surface area contributed by atoms with Crippen LogP contribution in [-0.4, -0.2) is 34.6 Å². The van der Waals surface area contributed by atoms with Gasteiger partial charge in [-0.15, -0.1) is 11.8 Å². The van der Waals surface area contributed by atoms with E-state index in [1.807, 2.05) is 30.5 Å². The van der Waals surface area contributed by atoms with Gasteiger partial charge in [0, 0.05) is 4.90 Å². The first-order chi connectivity index (χ1) is 10.6. The maximum absolute atomic E-state index is 12.3. The van der Waals surface area contributed by atoms with Gasteiger partial charge in [0.05, 0.1) is 23.8 Å². The number of aliphatic hydroxyl groups is 1. The molecule has 0 saturated carbocycles. The van der Waals surface area contributed by atoms with Crippen LogP contribution in [0.2, 0.25) is 0 Å². The third-order valence-corrected chi connectivity index (χ3v) is 4.48. The minimum Gasteiger partial charge on any atom is -0.387 e. The fourth-order valence-corrected chi connectivity index (χ4v) is 2.92. The molecule has 1 atom stereocenters. The number of carbonyl (C=O) groups excluding carboxylic acids is 2. The van der Waals surface area contributed by atoms with E-state index in [4.69, 9.17) is 0 Å². The van der Waals surface area contributed by atoms with E-state index < -0.39 is 6.10 Å². The quantitative estimate of drug-likeness (QED) is 0.696. The van der Waals surface area contributed by atoms with Crippen molar-refractivity contribution in [2.24, 2.45) is 0 Å². The molecule has 1 unspecified atom stereocenters. The molecule has 2 amide bonds. The van der Waals surface area contributed by atoms with Crippen molar-refractivity contribution in [3.63, 3.8) is 0 Å². The van der Waals surface area contributed by atoms with Crippen molar-refractivity contribution >= 4 is 23.6 Å². The molecule has 1 aliphatic heterocycles. The van der Waals surface area contributed by atoms with E-state index >= 15 is 0 Å². The summed E-state index contributed by atoms with van der Waals surface area (Å²) < 4.78 is 0. The molecule has 112 valence electrons. The van der Waals surface area contributed by atoms with Crippen LogP contribution in [0.25, 0.3) is 0 Å². The van der Waals surface area contributed by atoms with Crippen LogP contribution >= 0.6 is 11.8 Å². The molecule has 2 aromatic rings. The van der Waals surface area contributed by atoms with Gasteiger partial charge in [-0.2, -0.15) is 0 Å². The number of aliphatic hydroxyl groups excluding tert-OH is 1. The number of benzene rings is 2. The lowest BCUT2D eigenvalue weighted by molar-refractivity contribution is 0.0543. The van der Waals surface area contributed by atoms with Crippen molar-refractivity contribution in [2.75, 3.05) is 12.8 Å². The number of hydrogen-bond acceptors (Lipinski definition) is 4. The number of fused-ring (bicyclic) bond motifs is 1. The zero-order chi connectivity index (χ0) is 15.7. The normalized spacial score (nSPS) is 15.1. The Balaban J connectivity index is 1.79. The van der Waals surface area contributed by atoms with Gasteiger partial charge in [0.1, 0.15) is 0 Å². The maximum Gasteiger partial charge on any atom is 0.261 e. The lowest BCUT2D eigenvalue weighted by atomic mass is 10.1. The highest BCUT2D eigenvalue weighted by atomic mass is 32.2. The topological polar surface area (TPSA) is 57.6 Å². The van der Waals surface area contributed by atoms with Gasteiger partial charge in [-0.1, -0.05) is 24.3 Å². The first kappa shape index (κ1) is 14.8. The van der Waals surface area contributed by atoms with Crippen LogP contribution in [-0.2, 0) is 0 Å². The Hall–Kier alpha value is -2.11. The Labute approximate surface area is 132 Å². The monoisotopic (exact) mass is 313 g/mol. The summed E-state index contributed by atoms with van der Waals surface area (Å²) in [6.07, 6.45) is 1.09. The van der Waals surface area contributed by atoms with Crippen LogP contribution in [0, 0.1) is 0 Å². The zero-order valence-corrected chi connectivity index (χ0v) is 12.8. The number of nitrogens with zero attached hydrogens (tertiary/aromatic N) is 1. The van der Waals surface area contributed by atoms with Gasteiger partial charge in [-0.25, -0.2) is 0 Å². The summed E-state index contributed by atoms with van der Waals surface area (Å²) in [5.41, 5.74) is 1.49. The summed E-state index contributed by atoms with van der Waals surface area (Å²) in [5, 5.41) is 10.3. The summed E-state index contributed by atoms with van der Waals surface area (Å²) in [6, 6.07) is 14.2. The lowest BCUT2D eigenvalue weighted by Gasteiger charge is -2.19. The van der Waals surface area contributed by atoms with E-state index in [1.54, 1.807) is 36.0 Å². The van der Waals surface area contributed by atoms with Crippen LogP contribution in [0.5, 0.6) is 0 Å². The molecule has 0 aromatic heterocycles. The number of rotatable bonds is 4. The van der Waals surface area contributed by atoms with Crippen LogP contribution in [0.1, 0.15) is 32.4 Å². The van der Waals surface area contributed by atoms with Crippen LogP contribution in [0.15, 0.2) is 53.4 Å². The van der Waals surface area contributed by atoms with Crippen molar-refractivity contribution in [1.82, 2.24) is 4.90 Å². The molecule has 3 rings (SSSR count). The number of carbonyl (C=O) groups is 2. The summed E-state index contributed by atoms with van der Waals surface area (Å²) in [6.45, 7) is -0.0367. The molecule has 0 fully saturated rings. The Morgan fingerprint density at radius 3 is 2.05 bits per heavy atom. The van der Waals surface area contributed by atoms with E-state index in [0.29, 0.717) is 16.7 Å². The second-order valence-corrected chi connectivity index (χ2v) is 5.94. The second-order valence-electron chi connectivity index (χ2n) is 5.06. The summed E-state index contributed by atoms with van der Waals surface area (Å²) >= 11 is 1.61. The number of imide groups is 1. The van der Waals surface area contributed by atoms with Gasteiger partial charge in [0.25, 0.3) is 11.8 Å². The van der Waals surface area contributed by atoms with Gasteiger partial charge >= 0.3 is 0 Å². The van der Waals surface area contributed by atoms with Crippen molar-refractivity contribution in [3.8, 4) is 0 Å². The smallest absolute Gasteiger partial charge is 0.261 e. The first-order valence-electron chi connectivity index (χ1n) is 6.89. The molecule has 5 heteroatoms. The van der Waals surface area contributed by atoms with Crippen molar-refractivity contribution in [3.05, 3.63) is 65.2 Å². The molecule has 2 aromatic carbocycles. The van der Waals surface area contributed by atoms with Gasteiger partial charge in [-0.3, -0.25) is 14.5 Å². The molecule has 0 radical (unpaired) electrons. The third-order valence-electron chi connectivity index (χ3n) is 3.73. The summed E-state index contributed by atoms with van der Waals surface area (Å²) in [7, 11) is 0. The average molecular weight is 313 g/mol. The summed E-state index contributed by atoms with van der Waals surface area (Å²) in [4.78, 5) is 26.7. The van der Waals surface area contributed by atoms with Gasteiger partial charge in [0.15, 0.2) is 0 Å². The fraction of sp³-hybridized carbons (Fsp3) is 0.176. The van der Waals surface area contributed by atoms with Crippen molar-refractivity contribution in [2.45, 2.75) is 11.0 Å². The van der Waals surface area contributed by atoms with E-state index in [1.165, 1.54) is 0 Å². The molecule has 0 spiro atoms. The van der Waals surface area contributed by atoms with Crippen molar-refractivity contribution in [1.29, 1.82) is 0 Å². The Bertz CT molecular complexity index is 692. The SMILES string of the molecule is CSc1ccc(C(O)CN2C(=O)c3ccccc3C2=O)cc1. The zero-order valence-electron chi connectivity index (χ0n) is 12.0. The average Bonchev–Trinajstić information content (AvgIpc) is 2.80. The maximum atomic E-state index is 12.3. The Kier molecular flexibility index (Phi) is 4.00. The molecular formula is C17H15NO3S. The molecular weight excluding hydrogens is 298 g/mol. The highest BCUT2D eigenvalue weighted by Gasteiger charge is 2.36. The van der Waals surface area contributed by atoms with E-state index in [2.05, 4.69) is 0 Å². The number of hydrogen-bond donors (Lipinski definition) is 1. The van der Waals surface area contributed by atoms with Crippen LogP contribution in [0.3, 0.4) is 0 Å². The second kappa shape index (κ2) is 5.94. The standard InChI is InChI=1S/C17H15NO3S/c1-22-12-8-6-11(7-9-12)15(19)10-18-16(20)13-4-2-3-5-14(13)17(18)21/h2-9,15,19H,10H2,1H3. The number of β-amino-alcohol motifs (C(OH)–C–C–N with tert-alkyl or cyclic N) is 1. The van der Waals surface area contributed by atoms with Gasteiger partial charge in [0.2, 0.25) is 0 Å². The van der Waals surface area contributed by atoms with E-state index in [-0.39, 0.29) is 18.4 Å². The van der Waals surface area contributed by atoms with Crippen LogP contribution in [0.4, 0.5) is 0 Å².